The lowest BCUT2D eigenvalue weighted by molar-refractivity contribution is 0.121. The van der Waals surface area contributed by atoms with E-state index in [4.69, 9.17) is 0 Å². The molecule has 0 radical (unpaired) electrons. The van der Waals surface area contributed by atoms with Crippen LogP contribution in [-0.4, -0.2) is 5.11 Å². The Morgan fingerprint density at radius 3 is 1.48 bits per heavy atom. The Morgan fingerprint density at radius 2 is 0.968 bits per heavy atom. The maximum Gasteiger partial charge on any atom is 0.0984 e. The molecule has 0 aromatic heterocycles. The molecule has 0 spiro atoms. The third kappa shape index (κ3) is 6.05. The van der Waals surface area contributed by atoms with Crippen LogP contribution in [0.3, 0.4) is 0 Å². The second-order valence-electron chi connectivity index (χ2n) is 7.56. The highest BCUT2D eigenvalue weighted by Crippen LogP contribution is 2.32. The van der Waals surface area contributed by atoms with Crippen LogP contribution in [0.4, 0.5) is 0 Å². The molecule has 0 heterocycles. The van der Waals surface area contributed by atoms with E-state index in [-0.39, 0.29) is 24.5 Å². The zero-order chi connectivity index (χ0) is 20.6. The molecule has 0 saturated heterocycles. The minimum absolute atomic E-state index is 0. The highest BCUT2D eigenvalue weighted by molar-refractivity contribution is 5.85. The predicted octanol–water partition coefficient (Wildman–Crippen LogP) is 6.46. The smallest absolute Gasteiger partial charge is 0.0984 e. The largest absolute Gasteiger partial charge is 0.386 e. The van der Waals surface area contributed by atoms with Crippen molar-refractivity contribution in [3.8, 4) is 0 Å². The van der Waals surface area contributed by atoms with Crippen molar-refractivity contribution in [1.29, 1.82) is 0 Å². The lowest BCUT2D eigenvalue weighted by atomic mass is 9.92. The molecular formula is C28H28ClNO. The fraction of sp³-hybridized carbons (Fsp3) is 0.143. The Balaban J connectivity index is 0.00000272. The van der Waals surface area contributed by atoms with Gasteiger partial charge in [0.05, 0.1) is 12.1 Å². The van der Waals surface area contributed by atoms with E-state index in [1.807, 2.05) is 60.7 Å². The standard InChI is InChI=1S/C28H27NO.ClH/c30-28(25-19-11-4-12-20-25)27(24-17-9-3-10-18-24)29-26(23-15-7-2-8-16-23)21-22-13-5-1-6-14-22;/h1-20,26-30H,21H2;1H. The van der Waals surface area contributed by atoms with Gasteiger partial charge < -0.3 is 10.4 Å². The zero-order valence-electron chi connectivity index (χ0n) is 17.3. The van der Waals surface area contributed by atoms with Crippen LogP contribution >= 0.6 is 12.4 Å². The molecule has 3 atom stereocenters. The minimum atomic E-state index is -0.657. The monoisotopic (exact) mass is 429 g/mol. The second kappa shape index (κ2) is 11.5. The summed E-state index contributed by atoms with van der Waals surface area (Å²) in [6.07, 6.45) is 0.186. The zero-order valence-corrected chi connectivity index (χ0v) is 18.2. The molecule has 158 valence electrons. The van der Waals surface area contributed by atoms with Gasteiger partial charge in [-0.25, -0.2) is 0 Å². The van der Waals surface area contributed by atoms with E-state index >= 15 is 0 Å². The van der Waals surface area contributed by atoms with Crippen LogP contribution in [0, 0.1) is 0 Å². The van der Waals surface area contributed by atoms with Crippen LogP contribution in [0.15, 0.2) is 121 Å². The minimum Gasteiger partial charge on any atom is -0.386 e. The average Bonchev–Trinajstić information content (AvgIpc) is 2.83. The maximum absolute atomic E-state index is 11.3. The first kappa shape index (κ1) is 22.8. The van der Waals surface area contributed by atoms with E-state index in [0.29, 0.717) is 0 Å². The van der Waals surface area contributed by atoms with Gasteiger partial charge in [-0.3, -0.25) is 0 Å². The van der Waals surface area contributed by atoms with Crippen LogP contribution in [0.1, 0.15) is 40.4 Å². The molecule has 0 aliphatic carbocycles. The third-order valence-electron chi connectivity index (χ3n) is 5.48. The van der Waals surface area contributed by atoms with Crippen LogP contribution in [0.2, 0.25) is 0 Å². The summed E-state index contributed by atoms with van der Waals surface area (Å²) < 4.78 is 0. The SMILES string of the molecule is Cl.OC(c1ccccc1)C(NC(Cc1ccccc1)c1ccccc1)c1ccccc1. The van der Waals surface area contributed by atoms with Gasteiger partial charge in [-0.15, -0.1) is 12.4 Å². The van der Waals surface area contributed by atoms with Crippen LogP contribution in [0.25, 0.3) is 0 Å². The van der Waals surface area contributed by atoms with E-state index in [0.717, 1.165) is 17.5 Å². The van der Waals surface area contributed by atoms with Crippen molar-refractivity contribution in [3.05, 3.63) is 144 Å². The van der Waals surface area contributed by atoms with Crippen molar-refractivity contribution in [3.63, 3.8) is 0 Å². The van der Waals surface area contributed by atoms with Crippen molar-refractivity contribution in [2.45, 2.75) is 24.6 Å². The van der Waals surface area contributed by atoms with E-state index < -0.39 is 6.10 Å². The summed E-state index contributed by atoms with van der Waals surface area (Å²) in [7, 11) is 0. The Hall–Kier alpha value is -2.91. The number of benzene rings is 4. The first-order chi connectivity index (χ1) is 14.8. The number of rotatable bonds is 8. The van der Waals surface area contributed by atoms with Gasteiger partial charge in [0.25, 0.3) is 0 Å². The molecule has 0 aliphatic heterocycles. The van der Waals surface area contributed by atoms with Gasteiger partial charge in [-0.05, 0) is 28.7 Å². The van der Waals surface area contributed by atoms with E-state index in [9.17, 15) is 5.11 Å². The predicted molar refractivity (Wildman–Crippen MR) is 130 cm³/mol. The summed E-state index contributed by atoms with van der Waals surface area (Å²) in [6, 6.07) is 40.9. The van der Waals surface area contributed by atoms with Crippen LogP contribution in [0.5, 0.6) is 0 Å². The van der Waals surface area contributed by atoms with Gasteiger partial charge in [0, 0.05) is 6.04 Å². The Kier molecular flexibility index (Phi) is 8.43. The fourth-order valence-electron chi connectivity index (χ4n) is 3.90. The summed E-state index contributed by atoms with van der Waals surface area (Å²) >= 11 is 0. The maximum atomic E-state index is 11.3. The van der Waals surface area contributed by atoms with Crippen LogP contribution in [-0.2, 0) is 6.42 Å². The van der Waals surface area contributed by atoms with Gasteiger partial charge in [0.15, 0.2) is 0 Å². The summed E-state index contributed by atoms with van der Waals surface area (Å²) in [6.45, 7) is 0. The number of halogens is 1. The molecular weight excluding hydrogens is 402 g/mol. The fourth-order valence-corrected chi connectivity index (χ4v) is 3.90. The molecule has 0 amide bonds. The molecule has 2 N–H and O–H groups in total. The molecule has 0 aliphatic rings. The Morgan fingerprint density at radius 1 is 0.548 bits per heavy atom. The molecule has 3 unspecified atom stereocenters. The molecule has 2 nitrogen and oxygen atoms in total. The molecule has 0 saturated carbocycles. The van der Waals surface area contributed by atoms with Crippen molar-refractivity contribution < 1.29 is 5.11 Å². The topological polar surface area (TPSA) is 32.3 Å². The van der Waals surface area contributed by atoms with Crippen LogP contribution < -0.4 is 5.32 Å². The number of nitrogens with one attached hydrogen (secondary N) is 1. The molecule has 0 bridgehead atoms. The quantitative estimate of drug-likeness (QED) is 0.337. The third-order valence-corrected chi connectivity index (χ3v) is 5.48. The number of aliphatic hydroxyl groups excluding tert-OH is 1. The average molecular weight is 430 g/mol. The summed E-state index contributed by atoms with van der Waals surface area (Å²) in [5.74, 6) is 0. The first-order valence-electron chi connectivity index (χ1n) is 10.4. The molecule has 0 fully saturated rings. The number of aliphatic hydroxyl groups is 1. The van der Waals surface area contributed by atoms with Crippen molar-refractivity contribution in [2.24, 2.45) is 0 Å². The Labute approximate surface area is 191 Å². The van der Waals surface area contributed by atoms with Gasteiger partial charge in [0.2, 0.25) is 0 Å². The first-order valence-corrected chi connectivity index (χ1v) is 10.4. The van der Waals surface area contributed by atoms with Gasteiger partial charge in [0.1, 0.15) is 0 Å². The lowest BCUT2D eigenvalue weighted by Gasteiger charge is -2.30. The highest BCUT2D eigenvalue weighted by Gasteiger charge is 2.26. The normalized spacial score (nSPS) is 13.6. The van der Waals surface area contributed by atoms with Crippen molar-refractivity contribution in [2.75, 3.05) is 0 Å². The Bertz CT molecular complexity index is 1010. The molecule has 3 heteroatoms. The van der Waals surface area contributed by atoms with E-state index in [2.05, 4.69) is 66.0 Å². The second-order valence-corrected chi connectivity index (χ2v) is 7.56. The molecule has 31 heavy (non-hydrogen) atoms. The van der Waals surface area contributed by atoms with Gasteiger partial charge in [-0.1, -0.05) is 121 Å². The summed E-state index contributed by atoms with van der Waals surface area (Å²) in [5, 5.41) is 15.1. The molecule has 4 aromatic carbocycles. The number of hydrogen-bond donors (Lipinski definition) is 2. The summed E-state index contributed by atoms with van der Waals surface area (Å²) in [5.41, 5.74) is 4.45. The van der Waals surface area contributed by atoms with Crippen molar-refractivity contribution in [1.82, 2.24) is 5.32 Å². The lowest BCUT2D eigenvalue weighted by Crippen LogP contribution is -2.32. The van der Waals surface area contributed by atoms with Gasteiger partial charge in [-0.2, -0.15) is 0 Å². The van der Waals surface area contributed by atoms with Gasteiger partial charge >= 0.3 is 0 Å². The molecule has 4 rings (SSSR count). The van der Waals surface area contributed by atoms with Crippen molar-refractivity contribution >= 4 is 12.4 Å². The van der Waals surface area contributed by atoms with E-state index in [1.54, 1.807) is 0 Å². The molecule has 4 aromatic rings. The number of hydrogen-bond acceptors (Lipinski definition) is 2. The summed E-state index contributed by atoms with van der Waals surface area (Å²) in [4.78, 5) is 0. The van der Waals surface area contributed by atoms with E-state index in [1.165, 1.54) is 11.1 Å². The highest BCUT2D eigenvalue weighted by atomic mass is 35.5.